The van der Waals surface area contributed by atoms with Gasteiger partial charge in [0.25, 0.3) is 0 Å². The number of benzene rings is 1. The molecule has 1 aliphatic rings. The zero-order valence-electron chi connectivity index (χ0n) is 12.1. The van der Waals surface area contributed by atoms with Crippen molar-refractivity contribution < 1.29 is 9.18 Å². The van der Waals surface area contributed by atoms with Gasteiger partial charge in [-0.3, -0.25) is 4.79 Å². The molecule has 21 heavy (non-hydrogen) atoms. The van der Waals surface area contributed by atoms with Gasteiger partial charge in [0.05, 0.1) is 16.9 Å². The van der Waals surface area contributed by atoms with Gasteiger partial charge in [0.1, 0.15) is 5.82 Å². The van der Waals surface area contributed by atoms with Crippen molar-refractivity contribution in [2.24, 2.45) is 5.73 Å². The minimum absolute atomic E-state index is 0.00707. The van der Waals surface area contributed by atoms with Crippen molar-refractivity contribution in [2.45, 2.75) is 24.8 Å². The van der Waals surface area contributed by atoms with E-state index >= 15 is 0 Å². The number of hydrogen-bond acceptors (Lipinski definition) is 3. The number of thiocarbonyl (C=S) groups is 1. The van der Waals surface area contributed by atoms with Crippen molar-refractivity contribution in [3.63, 3.8) is 0 Å². The second-order valence-corrected chi connectivity index (χ2v) is 6.01. The largest absolute Gasteiger partial charge is 0.391 e. The summed E-state index contributed by atoms with van der Waals surface area (Å²) in [6.07, 6.45) is 1.36. The van der Waals surface area contributed by atoms with Crippen LogP contribution in [0.4, 0.5) is 4.39 Å². The van der Waals surface area contributed by atoms with Crippen LogP contribution in [0.5, 0.6) is 0 Å². The van der Waals surface area contributed by atoms with E-state index in [2.05, 4.69) is 10.2 Å². The van der Waals surface area contributed by atoms with E-state index in [0.717, 1.165) is 13.1 Å². The van der Waals surface area contributed by atoms with Crippen LogP contribution in [0.2, 0.25) is 0 Å². The Morgan fingerprint density at radius 1 is 1.43 bits per heavy atom. The van der Waals surface area contributed by atoms with Crippen LogP contribution in [-0.2, 0) is 11.2 Å². The van der Waals surface area contributed by atoms with Crippen molar-refractivity contribution in [3.05, 3.63) is 35.6 Å². The van der Waals surface area contributed by atoms with Gasteiger partial charge in [-0.2, -0.15) is 0 Å². The van der Waals surface area contributed by atoms with Gasteiger partial charge in [-0.25, -0.2) is 4.39 Å². The Labute approximate surface area is 129 Å². The monoisotopic (exact) mass is 309 g/mol. The van der Waals surface area contributed by atoms with Gasteiger partial charge < -0.3 is 16.0 Å². The van der Waals surface area contributed by atoms with Crippen LogP contribution in [0.3, 0.4) is 0 Å². The minimum atomic E-state index is -0.649. The van der Waals surface area contributed by atoms with Gasteiger partial charge in [-0.1, -0.05) is 30.4 Å². The van der Waals surface area contributed by atoms with Crippen LogP contribution in [-0.4, -0.2) is 41.5 Å². The topological polar surface area (TPSA) is 58.4 Å². The van der Waals surface area contributed by atoms with Gasteiger partial charge in [0.15, 0.2) is 0 Å². The van der Waals surface area contributed by atoms with Crippen LogP contribution < -0.4 is 11.1 Å². The average molecular weight is 309 g/mol. The number of carbonyl (C=O) groups is 1. The van der Waals surface area contributed by atoms with Gasteiger partial charge in [-0.15, -0.1) is 0 Å². The molecule has 1 saturated heterocycles. The van der Waals surface area contributed by atoms with Crippen LogP contribution in [0.1, 0.15) is 18.4 Å². The fourth-order valence-electron chi connectivity index (χ4n) is 2.56. The van der Waals surface area contributed by atoms with Crippen molar-refractivity contribution in [1.82, 2.24) is 10.2 Å². The summed E-state index contributed by atoms with van der Waals surface area (Å²) in [5.74, 6) is -0.627. The number of likely N-dealkylation sites (tertiary alicyclic amines) is 1. The molecule has 114 valence electrons. The van der Waals surface area contributed by atoms with Crippen LogP contribution >= 0.6 is 12.2 Å². The Kier molecular flexibility index (Phi) is 4.90. The van der Waals surface area contributed by atoms with Gasteiger partial charge in [0, 0.05) is 13.1 Å². The van der Waals surface area contributed by atoms with Crippen molar-refractivity contribution in [1.29, 1.82) is 0 Å². The summed E-state index contributed by atoms with van der Waals surface area (Å²) in [6, 6.07) is 6.27. The molecule has 0 atom stereocenters. The summed E-state index contributed by atoms with van der Waals surface area (Å²) >= 11 is 5.15. The molecule has 0 radical (unpaired) electrons. The highest BCUT2D eigenvalue weighted by Crippen LogP contribution is 2.22. The molecule has 1 aliphatic heterocycles. The zero-order valence-corrected chi connectivity index (χ0v) is 12.9. The molecule has 3 N–H and O–H groups in total. The molecule has 0 spiro atoms. The zero-order chi connectivity index (χ0) is 15.5. The standard InChI is InChI=1S/C15H20FN3OS/c1-19-8-6-15(7-9-19,14(17)21)18-13(20)10-11-4-2-3-5-12(11)16/h2-5H,6-10H2,1H3,(H2,17,21)(H,18,20). The Morgan fingerprint density at radius 3 is 2.62 bits per heavy atom. The molecule has 1 aromatic carbocycles. The first kappa shape index (κ1) is 15.9. The van der Waals surface area contributed by atoms with Crippen molar-refractivity contribution in [2.75, 3.05) is 20.1 Å². The Bertz CT molecular complexity index is 541. The lowest BCUT2D eigenvalue weighted by atomic mass is 9.87. The third kappa shape index (κ3) is 3.77. The average Bonchev–Trinajstić information content (AvgIpc) is 2.44. The second-order valence-electron chi connectivity index (χ2n) is 5.57. The quantitative estimate of drug-likeness (QED) is 0.822. The molecule has 0 aromatic heterocycles. The lowest BCUT2D eigenvalue weighted by Crippen LogP contribution is -2.61. The van der Waals surface area contributed by atoms with E-state index in [0.29, 0.717) is 23.4 Å². The predicted octanol–water partition coefficient (Wildman–Crippen LogP) is 1.23. The van der Waals surface area contributed by atoms with E-state index < -0.39 is 5.54 Å². The molecule has 1 aromatic rings. The molecule has 0 unspecified atom stereocenters. The van der Waals surface area contributed by atoms with E-state index in [1.54, 1.807) is 18.2 Å². The second kappa shape index (κ2) is 6.49. The molecule has 1 heterocycles. The van der Waals surface area contributed by atoms with E-state index in [4.69, 9.17) is 18.0 Å². The Balaban J connectivity index is 2.06. The number of hydrogen-bond donors (Lipinski definition) is 2. The number of nitrogens with two attached hydrogens (primary N) is 1. The molecule has 1 amide bonds. The molecule has 0 saturated carbocycles. The fraction of sp³-hybridized carbons (Fsp3) is 0.467. The molecular weight excluding hydrogens is 289 g/mol. The maximum absolute atomic E-state index is 13.6. The highest BCUT2D eigenvalue weighted by Gasteiger charge is 2.37. The van der Waals surface area contributed by atoms with Crippen molar-refractivity contribution >= 4 is 23.1 Å². The number of piperidine rings is 1. The van der Waals surface area contributed by atoms with Gasteiger partial charge in [0.2, 0.25) is 5.91 Å². The summed E-state index contributed by atoms with van der Waals surface area (Å²) in [7, 11) is 2.02. The van der Waals surface area contributed by atoms with Crippen LogP contribution in [0.15, 0.2) is 24.3 Å². The summed E-state index contributed by atoms with van der Waals surface area (Å²) in [6.45, 7) is 1.63. The molecule has 2 rings (SSSR count). The minimum Gasteiger partial charge on any atom is -0.391 e. The van der Waals surface area contributed by atoms with E-state index in [1.165, 1.54) is 6.07 Å². The third-order valence-electron chi connectivity index (χ3n) is 4.00. The number of amides is 1. The lowest BCUT2D eigenvalue weighted by Gasteiger charge is -2.40. The fourth-order valence-corrected chi connectivity index (χ4v) is 2.81. The number of carbonyl (C=O) groups excluding carboxylic acids is 1. The van der Waals surface area contributed by atoms with Gasteiger partial charge >= 0.3 is 0 Å². The SMILES string of the molecule is CN1CCC(NC(=O)Cc2ccccc2F)(C(N)=S)CC1. The van der Waals surface area contributed by atoms with Crippen molar-refractivity contribution in [3.8, 4) is 0 Å². The van der Waals surface area contributed by atoms with E-state index in [9.17, 15) is 9.18 Å². The van der Waals surface area contributed by atoms with Crippen LogP contribution in [0.25, 0.3) is 0 Å². The first-order valence-corrected chi connectivity index (χ1v) is 7.37. The molecule has 6 heteroatoms. The predicted molar refractivity (Wildman–Crippen MR) is 84.5 cm³/mol. The summed E-state index contributed by atoms with van der Waals surface area (Å²) in [4.78, 5) is 14.7. The molecule has 4 nitrogen and oxygen atoms in total. The van der Waals surface area contributed by atoms with E-state index in [-0.39, 0.29) is 18.1 Å². The summed E-state index contributed by atoms with van der Waals surface area (Å²) in [5.41, 5.74) is 5.57. The number of rotatable bonds is 4. The maximum Gasteiger partial charge on any atom is 0.225 e. The number of nitrogens with zero attached hydrogens (tertiary/aromatic N) is 1. The first-order valence-electron chi connectivity index (χ1n) is 6.96. The summed E-state index contributed by atoms with van der Waals surface area (Å²) in [5, 5.41) is 2.93. The molecule has 1 fully saturated rings. The third-order valence-corrected chi connectivity index (χ3v) is 4.39. The number of nitrogens with one attached hydrogen (secondary N) is 1. The maximum atomic E-state index is 13.6. The lowest BCUT2D eigenvalue weighted by molar-refractivity contribution is -0.122. The Hall–Kier alpha value is -1.53. The first-order chi connectivity index (χ1) is 9.93. The van der Waals surface area contributed by atoms with Gasteiger partial charge in [-0.05, 0) is 31.5 Å². The molecule has 0 aliphatic carbocycles. The summed E-state index contributed by atoms with van der Waals surface area (Å²) < 4.78 is 13.6. The smallest absolute Gasteiger partial charge is 0.225 e. The van der Waals surface area contributed by atoms with E-state index in [1.807, 2.05) is 7.05 Å². The highest BCUT2D eigenvalue weighted by atomic mass is 32.1. The van der Waals surface area contributed by atoms with Crippen LogP contribution in [0, 0.1) is 5.82 Å². The normalized spacial score (nSPS) is 18.2. The highest BCUT2D eigenvalue weighted by molar-refractivity contribution is 7.80. The Morgan fingerprint density at radius 2 is 2.05 bits per heavy atom. The molecule has 0 bridgehead atoms. The molecular formula is C15H20FN3OS. The number of halogens is 1.